The van der Waals surface area contributed by atoms with E-state index in [4.69, 9.17) is 0 Å². The fraction of sp³-hybridized carbons (Fsp3) is 1.00. The summed E-state index contributed by atoms with van der Waals surface area (Å²) < 4.78 is 11.5. The molecule has 1 heteroatoms. The first kappa shape index (κ1) is 3.13. The predicted molar refractivity (Wildman–Crippen MR) is 18.7 cm³/mol. The zero-order valence-electron chi connectivity index (χ0n) is 3.24. The van der Waals surface area contributed by atoms with E-state index in [0.29, 0.717) is 5.92 Å². The number of rotatable bonds is 0. The molecular weight excluding hydrogens is 67.0 g/mol. The van der Waals surface area contributed by atoms with Crippen LogP contribution >= 0.6 is 0 Å². The topological polar surface area (TPSA) is 0 Å². The van der Waals surface area contributed by atoms with E-state index < -0.39 is 6.17 Å². The molecule has 0 nitrogen and oxygen atoms in total. The lowest BCUT2D eigenvalue weighted by Gasteiger charge is -1.63. The molecule has 0 amide bonds. The van der Waals surface area contributed by atoms with Crippen LogP contribution in [0.15, 0.2) is 0 Å². The van der Waals surface area contributed by atoms with Crippen LogP contribution < -0.4 is 0 Å². The Hall–Kier alpha value is -0.0700. The first-order chi connectivity index (χ1) is 2.30. The Morgan fingerprint density at radius 1 is 1.80 bits per heavy atom. The summed E-state index contributed by atoms with van der Waals surface area (Å²) >= 11 is 0. The second-order valence-corrected chi connectivity index (χ2v) is 1.73. The Morgan fingerprint density at radius 2 is 2.00 bits per heavy atom. The monoisotopic (exact) mass is 74.1 g/mol. The molecule has 1 aliphatic rings. The van der Waals surface area contributed by atoms with Crippen LogP contribution in [0.2, 0.25) is 0 Å². The molecular formula is C4H7F. The molecule has 1 aliphatic carbocycles. The molecule has 0 N–H and O–H groups in total. The maximum atomic E-state index is 11.5. The van der Waals surface area contributed by atoms with Gasteiger partial charge >= 0.3 is 0 Å². The summed E-state index contributed by atoms with van der Waals surface area (Å²) in [5.41, 5.74) is 0. The smallest absolute Gasteiger partial charge is 0.103 e. The molecule has 0 spiro atoms. The van der Waals surface area contributed by atoms with Gasteiger partial charge < -0.3 is 0 Å². The lowest BCUT2D eigenvalue weighted by molar-refractivity contribution is 0.454. The Morgan fingerprint density at radius 3 is 2.00 bits per heavy atom. The van der Waals surface area contributed by atoms with Gasteiger partial charge in [-0.3, -0.25) is 0 Å². The van der Waals surface area contributed by atoms with Crippen molar-refractivity contribution < 1.29 is 4.39 Å². The maximum absolute atomic E-state index is 11.5. The quantitative estimate of drug-likeness (QED) is 0.407. The molecule has 30 valence electrons. The summed E-state index contributed by atoms with van der Waals surface area (Å²) in [5, 5.41) is 0. The van der Waals surface area contributed by atoms with E-state index in [-0.39, 0.29) is 0 Å². The number of alkyl halides is 1. The zero-order valence-corrected chi connectivity index (χ0v) is 3.24. The van der Waals surface area contributed by atoms with Crippen LogP contribution in [0.25, 0.3) is 0 Å². The minimum atomic E-state index is -0.449. The predicted octanol–water partition coefficient (Wildman–Crippen LogP) is 1.36. The average Bonchev–Trinajstić information content (AvgIpc) is 1.79. The van der Waals surface area contributed by atoms with Gasteiger partial charge in [0, 0.05) is 0 Å². The Bertz CT molecular complexity index is 36.9. The van der Waals surface area contributed by atoms with Gasteiger partial charge in [0.15, 0.2) is 0 Å². The fourth-order valence-electron chi connectivity index (χ4n) is 0.277. The lowest BCUT2D eigenvalue weighted by Crippen LogP contribution is -1.63. The van der Waals surface area contributed by atoms with E-state index in [0.717, 1.165) is 6.42 Å². The molecule has 0 heterocycles. The second-order valence-electron chi connectivity index (χ2n) is 1.73. The molecule has 1 fully saturated rings. The molecule has 0 aromatic rings. The lowest BCUT2D eigenvalue weighted by atomic mass is 10.5. The Kier molecular flexibility index (Phi) is 0.440. The highest BCUT2D eigenvalue weighted by molar-refractivity contribution is 4.81. The van der Waals surface area contributed by atoms with Gasteiger partial charge in [0.2, 0.25) is 0 Å². The molecule has 0 aliphatic heterocycles. The molecule has 1 unspecified atom stereocenters. The third-order valence-electron chi connectivity index (χ3n) is 1.01. The molecule has 1 rings (SSSR count). The highest BCUT2D eigenvalue weighted by atomic mass is 19.1. The van der Waals surface area contributed by atoms with Gasteiger partial charge in [0.05, 0.1) is 0 Å². The van der Waals surface area contributed by atoms with Crippen molar-refractivity contribution in [3.8, 4) is 0 Å². The largest absolute Gasteiger partial charge is 0.247 e. The number of halogens is 1. The first-order valence-electron chi connectivity index (χ1n) is 1.95. The van der Waals surface area contributed by atoms with Crippen LogP contribution in [-0.4, -0.2) is 6.17 Å². The molecule has 5 heavy (non-hydrogen) atoms. The molecule has 0 aromatic heterocycles. The van der Waals surface area contributed by atoms with Crippen LogP contribution in [-0.2, 0) is 0 Å². The van der Waals surface area contributed by atoms with Crippen molar-refractivity contribution in [2.45, 2.75) is 19.5 Å². The van der Waals surface area contributed by atoms with Crippen molar-refractivity contribution in [3.63, 3.8) is 0 Å². The molecule has 2 atom stereocenters. The van der Waals surface area contributed by atoms with Crippen molar-refractivity contribution in [1.29, 1.82) is 0 Å². The van der Waals surface area contributed by atoms with Crippen molar-refractivity contribution in [2.75, 3.05) is 0 Å². The van der Waals surface area contributed by atoms with Crippen molar-refractivity contribution in [1.82, 2.24) is 0 Å². The molecule has 0 bridgehead atoms. The van der Waals surface area contributed by atoms with Gasteiger partial charge in [-0.25, -0.2) is 4.39 Å². The van der Waals surface area contributed by atoms with Crippen LogP contribution in [0.3, 0.4) is 0 Å². The van der Waals surface area contributed by atoms with E-state index in [1.54, 1.807) is 0 Å². The van der Waals surface area contributed by atoms with Gasteiger partial charge in [-0.15, -0.1) is 0 Å². The van der Waals surface area contributed by atoms with Crippen molar-refractivity contribution in [3.05, 3.63) is 0 Å². The van der Waals surface area contributed by atoms with Gasteiger partial charge in [0.25, 0.3) is 0 Å². The summed E-state index contributed by atoms with van der Waals surface area (Å²) in [6.07, 6.45) is 0.356. The summed E-state index contributed by atoms with van der Waals surface area (Å²) in [7, 11) is 0. The van der Waals surface area contributed by atoms with E-state index in [1.165, 1.54) is 0 Å². The third kappa shape index (κ3) is 0.416. The normalized spacial score (nSPS) is 49.2. The maximum Gasteiger partial charge on any atom is 0.103 e. The van der Waals surface area contributed by atoms with E-state index >= 15 is 0 Å². The van der Waals surface area contributed by atoms with Crippen LogP contribution in [0.4, 0.5) is 4.39 Å². The number of hydrogen-bond donors (Lipinski definition) is 0. The highest BCUT2D eigenvalue weighted by Gasteiger charge is 2.31. The van der Waals surface area contributed by atoms with Gasteiger partial charge in [-0.05, 0) is 12.3 Å². The van der Waals surface area contributed by atoms with Gasteiger partial charge in [0.1, 0.15) is 6.17 Å². The summed E-state index contributed by atoms with van der Waals surface area (Å²) in [6.45, 7) is 1.92. The zero-order chi connectivity index (χ0) is 3.86. The minimum absolute atomic E-state index is 0.384. The first-order valence-corrected chi connectivity index (χ1v) is 1.95. The summed E-state index contributed by atoms with van der Waals surface area (Å²) in [6, 6.07) is 0. The van der Waals surface area contributed by atoms with E-state index in [9.17, 15) is 4.39 Å². The molecule has 0 radical (unpaired) electrons. The molecule has 1 saturated carbocycles. The SMILES string of the molecule is C[C@H]1CC1F. The standard InChI is InChI=1S/C4H7F/c1-3-2-4(3)5/h3-4H,2H2,1H3/t3-,4?/m0/s1. The van der Waals surface area contributed by atoms with Crippen LogP contribution in [0.5, 0.6) is 0 Å². The van der Waals surface area contributed by atoms with Crippen molar-refractivity contribution in [2.24, 2.45) is 5.92 Å². The van der Waals surface area contributed by atoms with Crippen LogP contribution in [0.1, 0.15) is 13.3 Å². The molecule has 0 aromatic carbocycles. The van der Waals surface area contributed by atoms with Crippen molar-refractivity contribution >= 4 is 0 Å². The molecule has 0 saturated heterocycles. The Balaban J connectivity index is 2.20. The fourth-order valence-corrected chi connectivity index (χ4v) is 0.277. The third-order valence-corrected chi connectivity index (χ3v) is 1.01. The summed E-state index contributed by atoms with van der Waals surface area (Å²) in [5.74, 6) is 0.384. The minimum Gasteiger partial charge on any atom is -0.247 e. The van der Waals surface area contributed by atoms with E-state index in [2.05, 4.69) is 0 Å². The van der Waals surface area contributed by atoms with E-state index in [1.807, 2.05) is 6.92 Å². The Labute approximate surface area is 31.0 Å². The summed E-state index contributed by atoms with van der Waals surface area (Å²) in [4.78, 5) is 0. The van der Waals surface area contributed by atoms with Crippen LogP contribution in [0, 0.1) is 5.92 Å². The average molecular weight is 74.1 g/mol. The van der Waals surface area contributed by atoms with Gasteiger partial charge in [-0.1, -0.05) is 6.92 Å². The second kappa shape index (κ2) is 0.703. The highest BCUT2D eigenvalue weighted by Crippen LogP contribution is 2.32. The van der Waals surface area contributed by atoms with Gasteiger partial charge in [-0.2, -0.15) is 0 Å². The number of hydrogen-bond acceptors (Lipinski definition) is 0.